The summed E-state index contributed by atoms with van der Waals surface area (Å²) in [5.41, 5.74) is -0.998. The van der Waals surface area contributed by atoms with Crippen molar-refractivity contribution in [3.05, 3.63) is 0 Å². The molecule has 0 amide bonds. The van der Waals surface area contributed by atoms with E-state index >= 15 is 0 Å². The van der Waals surface area contributed by atoms with Gasteiger partial charge < -0.3 is 19.9 Å². The third-order valence-electron chi connectivity index (χ3n) is 3.07. The number of hydrogen-bond donors (Lipinski definition) is 2. The van der Waals surface area contributed by atoms with E-state index in [4.69, 9.17) is 9.47 Å². The van der Waals surface area contributed by atoms with Crippen molar-refractivity contribution in [1.82, 2.24) is 5.32 Å². The maximum absolute atomic E-state index is 11.2. The molecule has 2 heterocycles. The number of carboxylic acids is 1. The first-order valence-corrected chi connectivity index (χ1v) is 5.43. The Balaban J connectivity index is 1.96. The van der Waals surface area contributed by atoms with Crippen molar-refractivity contribution in [3.63, 3.8) is 0 Å². The molecule has 0 radical (unpaired) electrons. The highest BCUT2D eigenvalue weighted by molar-refractivity contribution is 5.78. The Morgan fingerprint density at radius 2 is 2.20 bits per heavy atom. The fourth-order valence-corrected chi connectivity index (χ4v) is 2.12. The van der Waals surface area contributed by atoms with Crippen LogP contribution in [0.5, 0.6) is 0 Å². The average molecular weight is 215 g/mol. The minimum Gasteiger partial charge on any atom is -0.479 e. The van der Waals surface area contributed by atoms with E-state index in [2.05, 4.69) is 5.32 Å². The molecule has 15 heavy (non-hydrogen) atoms. The summed E-state index contributed by atoms with van der Waals surface area (Å²) in [7, 11) is 0. The van der Waals surface area contributed by atoms with E-state index in [1.165, 1.54) is 0 Å². The average Bonchev–Trinajstić information content (AvgIpc) is 2.69. The van der Waals surface area contributed by atoms with E-state index in [9.17, 15) is 9.90 Å². The summed E-state index contributed by atoms with van der Waals surface area (Å²) < 4.78 is 11.0. The second kappa shape index (κ2) is 4.47. The van der Waals surface area contributed by atoms with Gasteiger partial charge in [-0.3, -0.25) is 0 Å². The number of nitrogens with one attached hydrogen (secondary N) is 1. The molecule has 0 aromatic carbocycles. The normalized spacial score (nSPS) is 33.1. The van der Waals surface area contributed by atoms with E-state index in [-0.39, 0.29) is 6.10 Å². The lowest BCUT2D eigenvalue weighted by Crippen LogP contribution is -2.47. The van der Waals surface area contributed by atoms with Crippen LogP contribution in [0.4, 0.5) is 0 Å². The summed E-state index contributed by atoms with van der Waals surface area (Å²) >= 11 is 0. The van der Waals surface area contributed by atoms with Crippen molar-refractivity contribution < 1.29 is 19.4 Å². The molecule has 0 aromatic rings. The first-order chi connectivity index (χ1) is 7.23. The van der Waals surface area contributed by atoms with Crippen LogP contribution in [0.1, 0.15) is 19.3 Å². The third-order valence-corrected chi connectivity index (χ3v) is 3.07. The first kappa shape index (κ1) is 10.9. The summed E-state index contributed by atoms with van der Waals surface area (Å²) in [6, 6.07) is 0. The van der Waals surface area contributed by atoms with E-state index in [1.807, 2.05) is 0 Å². The number of ether oxygens (including phenoxy) is 2. The van der Waals surface area contributed by atoms with Gasteiger partial charge in [-0.05, 0) is 19.4 Å². The molecule has 0 spiro atoms. The Kier molecular flexibility index (Phi) is 3.23. The molecule has 2 N–H and O–H groups in total. The molecule has 2 saturated heterocycles. The molecule has 0 bridgehead atoms. The van der Waals surface area contributed by atoms with Crippen LogP contribution in [0, 0.1) is 0 Å². The predicted octanol–water partition coefficient (Wildman–Crippen LogP) is -0.00130. The predicted molar refractivity (Wildman–Crippen MR) is 52.8 cm³/mol. The second-order valence-electron chi connectivity index (χ2n) is 4.16. The van der Waals surface area contributed by atoms with Crippen LogP contribution in [0.2, 0.25) is 0 Å². The van der Waals surface area contributed by atoms with E-state index in [0.29, 0.717) is 26.2 Å². The highest BCUT2D eigenvalue weighted by Crippen LogP contribution is 2.25. The lowest BCUT2D eigenvalue weighted by molar-refractivity contribution is -0.176. The van der Waals surface area contributed by atoms with Crippen LogP contribution < -0.4 is 5.32 Å². The molecular formula is C10H17NO4. The summed E-state index contributed by atoms with van der Waals surface area (Å²) in [6.07, 6.45) is 2.19. The number of hydrogen-bond acceptors (Lipinski definition) is 4. The molecule has 2 rings (SSSR count). The van der Waals surface area contributed by atoms with Crippen LogP contribution in [0.3, 0.4) is 0 Å². The Hall–Kier alpha value is -0.650. The molecular weight excluding hydrogens is 198 g/mol. The monoisotopic (exact) mass is 215 g/mol. The highest BCUT2D eigenvalue weighted by atomic mass is 16.5. The zero-order valence-corrected chi connectivity index (χ0v) is 8.70. The van der Waals surface area contributed by atoms with Gasteiger partial charge in [-0.25, -0.2) is 4.79 Å². The molecule has 1 unspecified atom stereocenters. The minimum atomic E-state index is -0.998. The maximum Gasteiger partial charge on any atom is 0.337 e. The Morgan fingerprint density at radius 3 is 2.73 bits per heavy atom. The lowest BCUT2D eigenvalue weighted by atomic mass is 10.0. The quantitative estimate of drug-likeness (QED) is 0.693. The Bertz CT molecular complexity index is 232. The van der Waals surface area contributed by atoms with Crippen LogP contribution in [0.25, 0.3) is 0 Å². The third kappa shape index (κ3) is 2.30. The second-order valence-corrected chi connectivity index (χ2v) is 4.16. The number of rotatable bonds is 3. The SMILES string of the molecule is O=C(O)C1(OC2CCOCC2)CCNC1. The molecule has 2 aliphatic heterocycles. The maximum atomic E-state index is 11.2. The molecule has 0 saturated carbocycles. The minimum absolute atomic E-state index is 0.0368. The van der Waals surface area contributed by atoms with Gasteiger partial charge in [0.1, 0.15) is 0 Å². The smallest absolute Gasteiger partial charge is 0.337 e. The molecule has 1 atom stereocenters. The molecule has 2 fully saturated rings. The molecule has 0 aromatic heterocycles. The number of carbonyl (C=O) groups is 1. The van der Waals surface area contributed by atoms with Gasteiger partial charge >= 0.3 is 5.97 Å². The van der Waals surface area contributed by atoms with E-state index in [0.717, 1.165) is 19.4 Å². The van der Waals surface area contributed by atoms with Crippen molar-refractivity contribution in [2.75, 3.05) is 26.3 Å². The van der Waals surface area contributed by atoms with Crippen molar-refractivity contribution >= 4 is 5.97 Å². The van der Waals surface area contributed by atoms with Crippen LogP contribution in [-0.2, 0) is 14.3 Å². The van der Waals surface area contributed by atoms with Gasteiger partial charge in [0, 0.05) is 26.2 Å². The fourth-order valence-electron chi connectivity index (χ4n) is 2.12. The Labute approximate surface area is 88.7 Å². The van der Waals surface area contributed by atoms with E-state index in [1.54, 1.807) is 0 Å². The standard InChI is InChI=1S/C10H17NO4/c12-9(13)10(3-4-11-7-10)15-8-1-5-14-6-2-8/h8,11H,1-7H2,(H,12,13). The highest BCUT2D eigenvalue weighted by Gasteiger charge is 2.44. The zero-order chi connectivity index (χ0) is 10.7. The van der Waals surface area contributed by atoms with Crippen LogP contribution in [0.15, 0.2) is 0 Å². The van der Waals surface area contributed by atoms with Crippen LogP contribution in [-0.4, -0.2) is 49.1 Å². The van der Waals surface area contributed by atoms with Crippen molar-refractivity contribution in [3.8, 4) is 0 Å². The van der Waals surface area contributed by atoms with Crippen molar-refractivity contribution in [2.24, 2.45) is 0 Å². The van der Waals surface area contributed by atoms with Gasteiger partial charge in [-0.2, -0.15) is 0 Å². The fraction of sp³-hybridized carbons (Fsp3) is 0.900. The zero-order valence-electron chi connectivity index (χ0n) is 8.70. The Morgan fingerprint density at radius 1 is 1.47 bits per heavy atom. The van der Waals surface area contributed by atoms with Crippen LogP contribution >= 0.6 is 0 Å². The molecule has 0 aliphatic carbocycles. The number of aliphatic carboxylic acids is 1. The molecule has 86 valence electrons. The van der Waals surface area contributed by atoms with Crippen molar-refractivity contribution in [2.45, 2.75) is 31.0 Å². The van der Waals surface area contributed by atoms with Gasteiger partial charge in [0.2, 0.25) is 0 Å². The topological polar surface area (TPSA) is 67.8 Å². The number of carboxylic acid groups (broad SMARTS) is 1. The largest absolute Gasteiger partial charge is 0.479 e. The summed E-state index contributed by atoms with van der Waals surface area (Å²) in [6.45, 7) is 2.48. The van der Waals surface area contributed by atoms with Crippen molar-refractivity contribution in [1.29, 1.82) is 0 Å². The first-order valence-electron chi connectivity index (χ1n) is 5.43. The molecule has 5 nitrogen and oxygen atoms in total. The molecule has 2 aliphatic rings. The summed E-state index contributed by atoms with van der Waals surface area (Å²) in [5, 5.41) is 12.2. The van der Waals surface area contributed by atoms with E-state index < -0.39 is 11.6 Å². The van der Waals surface area contributed by atoms with Gasteiger partial charge in [-0.1, -0.05) is 0 Å². The van der Waals surface area contributed by atoms with Gasteiger partial charge in [0.05, 0.1) is 6.10 Å². The summed E-state index contributed by atoms with van der Waals surface area (Å²) in [4.78, 5) is 11.2. The van der Waals surface area contributed by atoms with Gasteiger partial charge in [0.25, 0.3) is 0 Å². The molecule has 5 heteroatoms. The lowest BCUT2D eigenvalue weighted by Gasteiger charge is -2.31. The van der Waals surface area contributed by atoms with Gasteiger partial charge in [-0.15, -0.1) is 0 Å². The van der Waals surface area contributed by atoms with Gasteiger partial charge in [0.15, 0.2) is 5.60 Å². The summed E-state index contributed by atoms with van der Waals surface area (Å²) in [5.74, 6) is -0.848.